The van der Waals surface area contributed by atoms with Crippen LogP contribution in [0.5, 0.6) is 5.75 Å². The number of aliphatic hydroxyl groups is 1. The molecule has 1 unspecified atom stereocenters. The van der Waals surface area contributed by atoms with Crippen molar-refractivity contribution in [2.24, 2.45) is 5.73 Å². The molecule has 0 aromatic heterocycles. The summed E-state index contributed by atoms with van der Waals surface area (Å²) in [6, 6.07) is 13.5. The summed E-state index contributed by atoms with van der Waals surface area (Å²) in [6.45, 7) is 1.94. The zero-order valence-electron chi connectivity index (χ0n) is 14.9. The van der Waals surface area contributed by atoms with E-state index in [-0.39, 0.29) is 22.5 Å². The molecule has 0 saturated heterocycles. The zero-order chi connectivity index (χ0) is 18.8. The minimum absolute atomic E-state index is 0.0375. The molecule has 1 aliphatic heterocycles. The van der Waals surface area contributed by atoms with Crippen LogP contribution in [0.1, 0.15) is 31.7 Å². The maximum atomic E-state index is 12.8. The van der Waals surface area contributed by atoms with E-state index < -0.39 is 15.4 Å². The minimum Gasteiger partial charge on any atom is -0.490 e. The molecule has 1 aliphatic rings. The van der Waals surface area contributed by atoms with Crippen molar-refractivity contribution in [3.05, 3.63) is 54.1 Å². The molecule has 3 N–H and O–H groups in total. The fourth-order valence-corrected chi connectivity index (χ4v) is 4.63. The van der Waals surface area contributed by atoms with Crippen LogP contribution in [-0.2, 0) is 16.3 Å². The smallest absolute Gasteiger partial charge is 0.206 e. The lowest BCUT2D eigenvalue weighted by atomic mass is 9.88. The maximum absolute atomic E-state index is 12.8. The predicted octanol–water partition coefficient (Wildman–Crippen LogP) is 2.70. The van der Waals surface area contributed by atoms with Crippen molar-refractivity contribution in [3.8, 4) is 5.75 Å². The van der Waals surface area contributed by atoms with E-state index >= 15 is 0 Å². The first kappa shape index (κ1) is 18.9. The van der Waals surface area contributed by atoms with E-state index in [1.807, 2.05) is 13.0 Å². The van der Waals surface area contributed by atoms with Gasteiger partial charge in [0, 0.05) is 18.6 Å². The Hall–Kier alpha value is -1.89. The summed E-state index contributed by atoms with van der Waals surface area (Å²) >= 11 is 0. The Morgan fingerprint density at radius 1 is 1.19 bits per heavy atom. The molecule has 6 heteroatoms. The van der Waals surface area contributed by atoms with Gasteiger partial charge in [0.2, 0.25) is 9.84 Å². The van der Waals surface area contributed by atoms with Crippen LogP contribution in [-0.4, -0.2) is 31.8 Å². The average molecular weight is 375 g/mol. The van der Waals surface area contributed by atoms with Gasteiger partial charge in [-0.1, -0.05) is 24.3 Å². The second kappa shape index (κ2) is 7.39. The number of benzene rings is 2. The van der Waals surface area contributed by atoms with Crippen LogP contribution in [0.2, 0.25) is 0 Å². The third-order valence-corrected chi connectivity index (χ3v) is 6.58. The fraction of sp³-hybridized carbons (Fsp3) is 0.400. The summed E-state index contributed by atoms with van der Waals surface area (Å²) in [4.78, 5) is 0.499. The van der Waals surface area contributed by atoms with Gasteiger partial charge in [0.15, 0.2) is 0 Å². The van der Waals surface area contributed by atoms with E-state index in [4.69, 9.17) is 15.6 Å². The molecule has 0 radical (unpaired) electrons. The number of sulfone groups is 1. The second-order valence-electron chi connectivity index (χ2n) is 7.20. The summed E-state index contributed by atoms with van der Waals surface area (Å²) in [7, 11) is -3.57. The number of hydrogen-bond donors (Lipinski definition) is 2. The van der Waals surface area contributed by atoms with Crippen LogP contribution in [0.4, 0.5) is 0 Å². The highest BCUT2D eigenvalue weighted by Crippen LogP contribution is 2.34. The van der Waals surface area contributed by atoms with E-state index in [0.29, 0.717) is 18.6 Å². The van der Waals surface area contributed by atoms with Gasteiger partial charge in [0.25, 0.3) is 0 Å². The number of nitrogens with two attached hydrogens (primary N) is 1. The van der Waals surface area contributed by atoms with Gasteiger partial charge in [0.1, 0.15) is 11.9 Å². The largest absolute Gasteiger partial charge is 0.490 e. The van der Waals surface area contributed by atoms with Crippen LogP contribution >= 0.6 is 0 Å². The summed E-state index contributed by atoms with van der Waals surface area (Å²) in [6.07, 6.45) is 2.68. The molecule has 26 heavy (non-hydrogen) atoms. The Balaban J connectivity index is 1.84. The van der Waals surface area contributed by atoms with E-state index in [9.17, 15) is 8.42 Å². The minimum atomic E-state index is -3.57. The highest BCUT2D eigenvalue weighted by Gasteiger charge is 2.29. The molecule has 2 atom stereocenters. The van der Waals surface area contributed by atoms with Gasteiger partial charge in [-0.2, -0.15) is 0 Å². The first-order chi connectivity index (χ1) is 12.3. The molecule has 5 nitrogen and oxygen atoms in total. The molecule has 2 aromatic rings. The van der Waals surface area contributed by atoms with Crippen LogP contribution < -0.4 is 10.5 Å². The van der Waals surface area contributed by atoms with Crippen LogP contribution in [0.25, 0.3) is 0 Å². The fourth-order valence-electron chi connectivity index (χ4n) is 3.33. The third kappa shape index (κ3) is 4.09. The molecular formula is C20H25NO4S. The Labute approximate surface area is 154 Å². The Bertz CT molecular complexity index is 863. The predicted molar refractivity (Wildman–Crippen MR) is 100.0 cm³/mol. The number of aliphatic hydroxyl groups excluding tert-OH is 1. The zero-order valence-corrected chi connectivity index (χ0v) is 15.7. The molecule has 3 rings (SSSR count). The Kier molecular flexibility index (Phi) is 5.37. The van der Waals surface area contributed by atoms with Crippen LogP contribution in [0, 0.1) is 0 Å². The number of hydrogen-bond acceptors (Lipinski definition) is 5. The molecule has 0 fully saturated rings. The lowest BCUT2D eigenvalue weighted by molar-refractivity contribution is 0.125. The number of aryl methyl sites for hydroxylation is 1. The first-order valence-electron chi connectivity index (χ1n) is 8.81. The summed E-state index contributed by atoms with van der Waals surface area (Å²) in [5, 5.41) is 9.14. The molecule has 1 heterocycles. The number of rotatable bonds is 6. The van der Waals surface area contributed by atoms with E-state index in [2.05, 4.69) is 0 Å². The van der Waals surface area contributed by atoms with Crippen LogP contribution in [0.15, 0.2) is 58.3 Å². The summed E-state index contributed by atoms with van der Waals surface area (Å²) in [5.74, 6) is 0.609. The van der Waals surface area contributed by atoms with Gasteiger partial charge in [-0.25, -0.2) is 8.42 Å². The number of ether oxygens (including phenoxy) is 1. The highest BCUT2D eigenvalue weighted by atomic mass is 32.2. The lowest BCUT2D eigenvalue weighted by Crippen LogP contribution is -2.42. The van der Waals surface area contributed by atoms with Crippen molar-refractivity contribution in [2.75, 3.05) is 6.61 Å². The number of fused-ring (bicyclic) bond motifs is 1. The van der Waals surface area contributed by atoms with Crippen molar-refractivity contribution < 1.29 is 18.3 Å². The highest BCUT2D eigenvalue weighted by molar-refractivity contribution is 7.91. The van der Waals surface area contributed by atoms with Crippen LogP contribution in [0.3, 0.4) is 0 Å². The molecule has 140 valence electrons. The van der Waals surface area contributed by atoms with Gasteiger partial charge >= 0.3 is 0 Å². The standard InChI is InChI=1S/C20H25NO4S/c1-20(21,11-12-22)14-16-9-7-15-8-10-18(13-19(15)25-16)26(23,24)17-5-3-2-4-6-17/h2-6,8,10,13,16,22H,7,9,11-12,14,21H2,1H3/t16-,20?/m1/s1. The van der Waals surface area contributed by atoms with E-state index in [1.165, 1.54) is 0 Å². The van der Waals surface area contributed by atoms with Crippen molar-refractivity contribution in [1.82, 2.24) is 0 Å². The van der Waals surface area contributed by atoms with E-state index in [0.717, 1.165) is 18.4 Å². The topological polar surface area (TPSA) is 89.6 Å². The van der Waals surface area contributed by atoms with Gasteiger partial charge in [0.05, 0.1) is 9.79 Å². The molecular weight excluding hydrogens is 350 g/mol. The molecule has 0 saturated carbocycles. The van der Waals surface area contributed by atoms with Gasteiger partial charge in [-0.15, -0.1) is 0 Å². The third-order valence-electron chi connectivity index (χ3n) is 4.81. The second-order valence-corrected chi connectivity index (χ2v) is 9.15. The Morgan fingerprint density at radius 3 is 2.62 bits per heavy atom. The van der Waals surface area contributed by atoms with E-state index in [1.54, 1.807) is 42.5 Å². The lowest BCUT2D eigenvalue weighted by Gasteiger charge is -2.33. The normalized spacial score (nSPS) is 19.3. The maximum Gasteiger partial charge on any atom is 0.206 e. The van der Waals surface area contributed by atoms with Gasteiger partial charge < -0.3 is 15.6 Å². The SMILES string of the molecule is CC(N)(CCO)C[C@H]1CCc2ccc(S(=O)(=O)c3ccccc3)cc2O1. The van der Waals surface area contributed by atoms with Crippen molar-refractivity contribution >= 4 is 9.84 Å². The van der Waals surface area contributed by atoms with Gasteiger partial charge in [-0.3, -0.25) is 0 Å². The molecule has 0 spiro atoms. The summed E-state index contributed by atoms with van der Waals surface area (Å²) < 4.78 is 31.7. The Morgan fingerprint density at radius 2 is 1.92 bits per heavy atom. The molecule has 0 bridgehead atoms. The van der Waals surface area contributed by atoms with Gasteiger partial charge in [-0.05, 0) is 56.0 Å². The first-order valence-corrected chi connectivity index (χ1v) is 10.3. The molecule has 2 aromatic carbocycles. The van der Waals surface area contributed by atoms with Crippen molar-refractivity contribution in [3.63, 3.8) is 0 Å². The summed E-state index contributed by atoms with van der Waals surface area (Å²) in [5.41, 5.74) is 6.72. The molecule has 0 amide bonds. The van der Waals surface area contributed by atoms with Crippen molar-refractivity contribution in [1.29, 1.82) is 0 Å². The molecule has 0 aliphatic carbocycles. The van der Waals surface area contributed by atoms with Crippen molar-refractivity contribution in [2.45, 2.75) is 54.0 Å². The monoisotopic (exact) mass is 375 g/mol. The quantitative estimate of drug-likeness (QED) is 0.810. The average Bonchev–Trinajstić information content (AvgIpc) is 2.61.